The molecule has 0 aliphatic rings. The van der Waals surface area contributed by atoms with Gasteiger partial charge in [-0.05, 0) is 25.4 Å². The second kappa shape index (κ2) is 6.26. The molecule has 0 aliphatic carbocycles. The summed E-state index contributed by atoms with van der Waals surface area (Å²) in [5.74, 6) is -0.739. The van der Waals surface area contributed by atoms with Gasteiger partial charge in [0.05, 0.1) is 0 Å². The summed E-state index contributed by atoms with van der Waals surface area (Å²) in [4.78, 5) is 10.6. The van der Waals surface area contributed by atoms with Crippen molar-refractivity contribution in [2.45, 2.75) is 18.2 Å². The fraction of sp³-hybridized carbons (Fsp3) is 0.500. The number of carbonyl (C=O) groups is 1. The number of furan rings is 1. The Hall–Kier alpha value is -0.990. The highest BCUT2D eigenvalue weighted by atomic mass is 32.2. The lowest BCUT2D eigenvalue weighted by molar-refractivity contribution is 0.0661. The van der Waals surface area contributed by atoms with Crippen LogP contribution in [0.15, 0.2) is 15.4 Å². The molecule has 102 valence electrons. The normalized spacial score (nSPS) is 11.7. The van der Waals surface area contributed by atoms with Crippen molar-refractivity contribution < 1.29 is 22.7 Å². The molecule has 2 N–H and O–H groups in total. The van der Waals surface area contributed by atoms with Crippen LogP contribution in [-0.4, -0.2) is 38.0 Å². The molecule has 0 bridgehead atoms. The fourth-order valence-corrected chi connectivity index (χ4v) is 3.02. The maximum Gasteiger partial charge on any atom is 0.371 e. The van der Waals surface area contributed by atoms with E-state index in [0.717, 1.165) is 11.8 Å². The predicted molar refractivity (Wildman–Crippen MR) is 68.6 cm³/mol. The summed E-state index contributed by atoms with van der Waals surface area (Å²) in [5, 5.41) is 8.72. The second-order valence-electron chi connectivity index (χ2n) is 3.58. The molecule has 0 saturated carbocycles. The number of sulfonamides is 1. The van der Waals surface area contributed by atoms with Crippen LogP contribution in [-0.2, 0) is 10.0 Å². The molecule has 6 nitrogen and oxygen atoms in total. The van der Waals surface area contributed by atoms with Crippen LogP contribution in [0.5, 0.6) is 0 Å². The van der Waals surface area contributed by atoms with E-state index in [4.69, 9.17) is 9.52 Å². The molecule has 0 spiro atoms. The minimum atomic E-state index is -3.70. The zero-order chi connectivity index (χ0) is 13.8. The molecule has 0 atom stereocenters. The van der Waals surface area contributed by atoms with Crippen molar-refractivity contribution >= 4 is 27.8 Å². The number of hydrogen-bond donors (Lipinski definition) is 2. The van der Waals surface area contributed by atoms with Crippen molar-refractivity contribution in [1.82, 2.24) is 4.72 Å². The van der Waals surface area contributed by atoms with Gasteiger partial charge in [-0.15, -0.1) is 0 Å². The van der Waals surface area contributed by atoms with Crippen LogP contribution in [0.25, 0.3) is 0 Å². The monoisotopic (exact) mass is 293 g/mol. The van der Waals surface area contributed by atoms with Gasteiger partial charge in [0.15, 0.2) is 0 Å². The lowest BCUT2D eigenvalue weighted by Crippen LogP contribution is -2.25. The number of nitrogens with one attached hydrogen (secondary N) is 1. The molecule has 1 aromatic heterocycles. The van der Waals surface area contributed by atoms with Crippen molar-refractivity contribution in [2.24, 2.45) is 0 Å². The molecule has 0 amide bonds. The number of rotatable bonds is 7. The molecule has 0 aliphatic heterocycles. The Kier molecular flexibility index (Phi) is 5.24. The van der Waals surface area contributed by atoms with E-state index in [0.29, 0.717) is 13.0 Å². The topological polar surface area (TPSA) is 96.6 Å². The number of thioether (sulfide) groups is 1. The standard InChI is InChI=1S/C10H15NO5S2/c1-7-9(6-8(16-7)10(12)13)18(14,15)11-4-3-5-17-2/h6,11H,3-5H2,1-2H3,(H,12,13). The van der Waals surface area contributed by atoms with Gasteiger partial charge in [-0.1, -0.05) is 0 Å². The first kappa shape index (κ1) is 15.1. The molecule has 0 aromatic carbocycles. The minimum absolute atomic E-state index is 0.0739. The molecule has 0 unspecified atom stereocenters. The van der Waals surface area contributed by atoms with Crippen LogP contribution in [0.1, 0.15) is 22.7 Å². The van der Waals surface area contributed by atoms with Crippen LogP contribution in [0.4, 0.5) is 0 Å². The van der Waals surface area contributed by atoms with Crippen molar-refractivity contribution in [3.8, 4) is 0 Å². The Balaban J connectivity index is 2.81. The van der Waals surface area contributed by atoms with Crippen LogP contribution in [0, 0.1) is 6.92 Å². The van der Waals surface area contributed by atoms with Gasteiger partial charge < -0.3 is 9.52 Å². The van der Waals surface area contributed by atoms with Gasteiger partial charge in [-0.3, -0.25) is 0 Å². The van der Waals surface area contributed by atoms with E-state index < -0.39 is 16.0 Å². The lowest BCUT2D eigenvalue weighted by Gasteiger charge is -2.04. The van der Waals surface area contributed by atoms with E-state index in [-0.39, 0.29) is 16.4 Å². The van der Waals surface area contributed by atoms with Gasteiger partial charge >= 0.3 is 5.97 Å². The maximum absolute atomic E-state index is 11.9. The van der Waals surface area contributed by atoms with Gasteiger partial charge in [0.25, 0.3) is 0 Å². The average molecular weight is 293 g/mol. The first-order valence-electron chi connectivity index (χ1n) is 5.21. The first-order chi connectivity index (χ1) is 8.38. The SMILES string of the molecule is CSCCCNS(=O)(=O)c1cc(C(=O)O)oc1C. The quantitative estimate of drug-likeness (QED) is 0.736. The van der Waals surface area contributed by atoms with E-state index in [2.05, 4.69) is 4.72 Å². The smallest absolute Gasteiger partial charge is 0.371 e. The summed E-state index contributed by atoms with van der Waals surface area (Å²) < 4.78 is 31.0. The highest BCUT2D eigenvalue weighted by Crippen LogP contribution is 2.19. The van der Waals surface area contributed by atoms with E-state index in [9.17, 15) is 13.2 Å². The van der Waals surface area contributed by atoms with Gasteiger partial charge in [0, 0.05) is 12.6 Å². The number of aromatic carboxylic acids is 1. The van der Waals surface area contributed by atoms with Crippen LogP contribution in [0.2, 0.25) is 0 Å². The Morgan fingerprint density at radius 2 is 2.22 bits per heavy atom. The number of carboxylic acids is 1. The van der Waals surface area contributed by atoms with Crippen molar-refractivity contribution in [1.29, 1.82) is 0 Å². The van der Waals surface area contributed by atoms with Gasteiger partial charge in [0.1, 0.15) is 10.7 Å². The maximum atomic E-state index is 11.9. The largest absolute Gasteiger partial charge is 0.475 e. The fourth-order valence-electron chi connectivity index (χ4n) is 1.34. The molecule has 1 aromatic rings. The molecule has 0 saturated heterocycles. The molecule has 0 radical (unpaired) electrons. The molecule has 1 heterocycles. The van der Waals surface area contributed by atoms with Crippen LogP contribution in [0.3, 0.4) is 0 Å². The average Bonchev–Trinajstić information content (AvgIpc) is 2.68. The molecule has 0 fully saturated rings. The van der Waals surface area contributed by atoms with Crippen LogP contribution < -0.4 is 4.72 Å². The Morgan fingerprint density at radius 3 is 2.72 bits per heavy atom. The molecule has 18 heavy (non-hydrogen) atoms. The van der Waals surface area contributed by atoms with E-state index >= 15 is 0 Å². The van der Waals surface area contributed by atoms with Crippen LogP contribution >= 0.6 is 11.8 Å². The van der Waals surface area contributed by atoms with E-state index in [1.54, 1.807) is 11.8 Å². The molecular weight excluding hydrogens is 278 g/mol. The first-order valence-corrected chi connectivity index (χ1v) is 8.08. The third-order valence-electron chi connectivity index (χ3n) is 2.19. The summed E-state index contributed by atoms with van der Waals surface area (Å²) in [6.45, 7) is 1.74. The third-order valence-corrected chi connectivity index (χ3v) is 4.46. The summed E-state index contributed by atoms with van der Waals surface area (Å²) in [6.07, 6.45) is 2.65. The highest BCUT2D eigenvalue weighted by Gasteiger charge is 2.23. The van der Waals surface area contributed by atoms with Crippen molar-refractivity contribution in [2.75, 3.05) is 18.6 Å². The third kappa shape index (κ3) is 3.76. The van der Waals surface area contributed by atoms with E-state index in [1.807, 2.05) is 6.26 Å². The second-order valence-corrected chi connectivity index (χ2v) is 6.30. The highest BCUT2D eigenvalue weighted by molar-refractivity contribution is 7.98. The van der Waals surface area contributed by atoms with Gasteiger partial charge in [-0.25, -0.2) is 17.9 Å². The number of aryl methyl sites for hydroxylation is 1. The Morgan fingerprint density at radius 1 is 1.56 bits per heavy atom. The number of carboxylic acid groups (broad SMARTS) is 1. The minimum Gasteiger partial charge on any atom is -0.475 e. The lowest BCUT2D eigenvalue weighted by atomic mass is 10.4. The van der Waals surface area contributed by atoms with Gasteiger partial charge in [0.2, 0.25) is 15.8 Å². The van der Waals surface area contributed by atoms with Crippen molar-refractivity contribution in [3.05, 3.63) is 17.6 Å². The number of hydrogen-bond acceptors (Lipinski definition) is 5. The van der Waals surface area contributed by atoms with Crippen molar-refractivity contribution in [3.63, 3.8) is 0 Å². The Labute approximate surface area is 110 Å². The van der Waals surface area contributed by atoms with Gasteiger partial charge in [-0.2, -0.15) is 11.8 Å². The summed E-state index contributed by atoms with van der Waals surface area (Å²) in [6, 6.07) is 1.02. The molecule has 1 rings (SSSR count). The zero-order valence-electron chi connectivity index (χ0n) is 10.1. The van der Waals surface area contributed by atoms with E-state index in [1.165, 1.54) is 6.92 Å². The zero-order valence-corrected chi connectivity index (χ0v) is 11.7. The molecule has 8 heteroatoms. The predicted octanol–water partition coefficient (Wildman–Crippen LogP) is 1.32. The summed E-state index contributed by atoms with van der Waals surface area (Å²) >= 11 is 1.63. The molecular formula is C10H15NO5S2. The summed E-state index contributed by atoms with van der Waals surface area (Å²) in [5.41, 5.74) is 0. The summed E-state index contributed by atoms with van der Waals surface area (Å²) in [7, 11) is -3.70. The Bertz CT molecular complexity index is 520.